The second kappa shape index (κ2) is 6.05. The standard InChI is InChI=1S/C13H17NO2/c1-10(13(16)14-9-11(2)15)8-12-6-4-3-5-7-12/h3-7,10H,8-9H2,1-2H3,(H,14,16)/t10-/m0/s1. The largest absolute Gasteiger partial charge is 0.349 e. The molecule has 0 radical (unpaired) electrons. The molecule has 0 saturated carbocycles. The molecule has 0 heterocycles. The summed E-state index contributed by atoms with van der Waals surface area (Å²) in [5.74, 6) is -0.207. The average molecular weight is 219 g/mol. The van der Waals surface area contributed by atoms with Crippen molar-refractivity contribution in [2.75, 3.05) is 6.54 Å². The Balaban J connectivity index is 2.43. The number of hydrogen-bond acceptors (Lipinski definition) is 2. The summed E-state index contributed by atoms with van der Waals surface area (Å²) in [4.78, 5) is 22.3. The van der Waals surface area contributed by atoms with Crippen LogP contribution in [0.4, 0.5) is 0 Å². The van der Waals surface area contributed by atoms with E-state index in [1.54, 1.807) is 0 Å². The Morgan fingerprint density at radius 1 is 1.25 bits per heavy atom. The molecule has 1 amide bonds. The van der Waals surface area contributed by atoms with Gasteiger partial charge in [-0.2, -0.15) is 0 Å². The van der Waals surface area contributed by atoms with Crippen LogP contribution >= 0.6 is 0 Å². The molecule has 0 aliphatic heterocycles. The van der Waals surface area contributed by atoms with Gasteiger partial charge in [-0.05, 0) is 18.9 Å². The lowest BCUT2D eigenvalue weighted by molar-refractivity contribution is -0.127. The number of amides is 1. The van der Waals surface area contributed by atoms with Gasteiger partial charge in [-0.3, -0.25) is 9.59 Å². The number of rotatable bonds is 5. The van der Waals surface area contributed by atoms with E-state index in [0.29, 0.717) is 6.42 Å². The summed E-state index contributed by atoms with van der Waals surface area (Å²) in [5, 5.41) is 2.61. The molecule has 0 aromatic heterocycles. The Kier molecular flexibility index (Phi) is 4.70. The lowest BCUT2D eigenvalue weighted by atomic mass is 10.0. The van der Waals surface area contributed by atoms with E-state index in [1.807, 2.05) is 37.3 Å². The molecule has 1 atom stereocenters. The number of benzene rings is 1. The predicted octanol–water partition coefficient (Wildman–Crippen LogP) is 1.57. The predicted molar refractivity (Wildman–Crippen MR) is 63.0 cm³/mol. The molecule has 1 N–H and O–H groups in total. The molecule has 1 aromatic rings. The normalized spacial score (nSPS) is 11.9. The minimum atomic E-state index is -0.109. The zero-order valence-electron chi connectivity index (χ0n) is 9.69. The molecule has 0 spiro atoms. The van der Waals surface area contributed by atoms with Crippen LogP contribution in [0.3, 0.4) is 0 Å². The Morgan fingerprint density at radius 3 is 2.44 bits per heavy atom. The molecular formula is C13H17NO2. The first-order chi connectivity index (χ1) is 7.59. The van der Waals surface area contributed by atoms with Crippen molar-refractivity contribution in [3.05, 3.63) is 35.9 Å². The van der Waals surface area contributed by atoms with Crippen LogP contribution in [0.25, 0.3) is 0 Å². The maximum atomic E-state index is 11.6. The number of nitrogens with one attached hydrogen (secondary N) is 1. The van der Waals surface area contributed by atoms with Gasteiger partial charge in [0.05, 0.1) is 6.54 Å². The first-order valence-corrected chi connectivity index (χ1v) is 5.40. The van der Waals surface area contributed by atoms with Gasteiger partial charge in [0, 0.05) is 5.92 Å². The van der Waals surface area contributed by atoms with Gasteiger partial charge in [0.25, 0.3) is 0 Å². The topological polar surface area (TPSA) is 46.2 Å². The van der Waals surface area contributed by atoms with Crippen molar-refractivity contribution in [2.24, 2.45) is 5.92 Å². The van der Waals surface area contributed by atoms with E-state index < -0.39 is 0 Å². The van der Waals surface area contributed by atoms with E-state index in [2.05, 4.69) is 5.32 Å². The van der Waals surface area contributed by atoms with Gasteiger partial charge < -0.3 is 5.32 Å². The molecule has 0 unspecified atom stereocenters. The zero-order valence-corrected chi connectivity index (χ0v) is 9.69. The molecule has 16 heavy (non-hydrogen) atoms. The monoisotopic (exact) mass is 219 g/mol. The van der Waals surface area contributed by atoms with Crippen molar-refractivity contribution in [1.29, 1.82) is 0 Å². The van der Waals surface area contributed by atoms with Crippen LogP contribution < -0.4 is 5.32 Å². The van der Waals surface area contributed by atoms with E-state index in [0.717, 1.165) is 5.56 Å². The summed E-state index contributed by atoms with van der Waals surface area (Å²) in [5.41, 5.74) is 1.13. The molecule has 0 bridgehead atoms. The van der Waals surface area contributed by atoms with E-state index in [1.165, 1.54) is 6.92 Å². The van der Waals surface area contributed by atoms with Crippen molar-refractivity contribution in [3.63, 3.8) is 0 Å². The van der Waals surface area contributed by atoms with Crippen molar-refractivity contribution < 1.29 is 9.59 Å². The minimum Gasteiger partial charge on any atom is -0.349 e. The first kappa shape index (κ1) is 12.4. The lowest BCUT2D eigenvalue weighted by Crippen LogP contribution is -2.33. The number of carbonyl (C=O) groups is 2. The summed E-state index contributed by atoms with van der Waals surface area (Å²) in [7, 11) is 0. The van der Waals surface area contributed by atoms with Gasteiger partial charge in [-0.1, -0.05) is 37.3 Å². The van der Waals surface area contributed by atoms with Gasteiger partial charge in [0.2, 0.25) is 5.91 Å². The second-order valence-corrected chi connectivity index (χ2v) is 4.01. The van der Waals surface area contributed by atoms with Crippen LogP contribution in [0.2, 0.25) is 0 Å². The van der Waals surface area contributed by atoms with Crippen LogP contribution in [0.5, 0.6) is 0 Å². The SMILES string of the molecule is CC(=O)CNC(=O)[C@@H](C)Cc1ccccc1. The van der Waals surface area contributed by atoms with Crippen LogP contribution in [0.15, 0.2) is 30.3 Å². The maximum absolute atomic E-state index is 11.6. The van der Waals surface area contributed by atoms with Crippen molar-refractivity contribution in [1.82, 2.24) is 5.32 Å². The van der Waals surface area contributed by atoms with Crippen molar-refractivity contribution >= 4 is 11.7 Å². The highest BCUT2D eigenvalue weighted by molar-refractivity contribution is 5.85. The lowest BCUT2D eigenvalue weighted by Gasteiger charge is -2.11. The Hall–Kier alpha value is -1.64. The van der Waals surface area contributed by atoms with Crippen molar-refractivity contribution in [3.8, 4) is 0 Å². The molecule has 1 aromatic carbocycles. The summed E-state index contributed by atoms with van der Waals surface area (Å²) in [6.45, 7) is 3.45. The van der Waals surface area contributed by atoms with Crippen LogP contribution in [0.1, 0.15) is 19.4 Å². The highest BCUT2D eigenvalue weighted by atomic mass is 16.2. The number of hydrogen-bond donors (Lipinski definition) is 1. The maximum Gasteiger partial charge on any atom is 0.223 e. The molecule has 3 nitrogen and oxygen atoms in total. The number of carbonyl (C=O) groups excluding carboxylic acids is 2. The molecule has 0 saturated heterocycles. The van der Waals surface area contributed by atoms with Crippen LogP contribution in [-0.2, 0) is 16.0 Å². The van der Waals surface area contributed by atoms with Gasteiger partial charge in [0.1, 0.15) is 5.78 Å². The Morgan fingerprint density at radius 2 is 1.88 bits per heavy atom. The first-order valence-electron chi connectivity index (χ1n) is 5.40. The van der Waals surface area contributed by atoms with Crippen LogP contribution in [-0.4, -0.2) is 18.2 Å². The number of ketones is 1. The quantitative estimate of drug-likeness (QED) is 0.817. The number of Topliss-reactive ketones (excluding diaryl/α,β-unsaturated/α-hetero) is 1. The smallest absolute Gasteiger partial charge is 0.223 e. The highest BCUT2D eigenvalue weighted by Gasteiger charge is 2.13. The third kappa shape index (κ3) is 4.26. The van der Waals surface area contributed by atoms with Crippen molar-refractivity contribution in [2.45, 2.75) is 20.3 Å². The van der Waals surface area contributed by atoms with E-state index in [4.69, 9.17) is 0 Å². The van der Waals surface area contributed by atoms with Gasteiger partial charge in [0.15, 0.2) is 0 Å². The molecule has 0 aliphatic carbocycles. The van der Waals surface area contributed by atoms with Gasteiger partial charge in [-0.25, -0.2) is 0 Å². The fourth-order valence-electron chi connectivity index (χ4n) is 1.45. The third-order valence-electron chi connectivity index (χ3n) is 2.34. The molecular weight excluding hydrogens is 202 g/mol. The zero-order chi connectivity index (χ0) is 12.0. The minimum absolute atomic E-state index is 0.0275. The molecule has 0 fully saturated rings. The summed E-state index contributed by atoms with van der Waals surface area (Å²) in [6.07, 6.45) is 0.699. The molecule has 3 heteroatoms. The molecule has 0 aliphatic rings. The fourth-order valence-corrected chi connectivity index (χ4v) is 1.45. The Labute approximate surface area is 95.9 Å². The highest BCUT2D eigenvalue weighted by Crippen LogP contribution is 2.07. The Bertz CT molecular complexity index is 359. The molecule has 86 valence electrons. The van der Waals surface area contributed by atoms with E-state index >= 15 is 0 Å². The summed E-state index contributed by atoms with van der Waals surface area (Å²) in [6, 6.07) is 9.85. The second-order valence-electron chi connectivity index (χ2n) is 4.01. The van der Waals surface area contributed by atoms with Gasteiger partial charge >= 0.3 is 0 Å². The molecule has 1 rings (SSSR count). The third-order valence-corrected chi connectivity index (χ3v) is 2.34. The summed E-state index contributed by atoms with van der Waals surface area (Å²) >= 11 is 0. The van der Waals surface area contributed by atoms with Crippen LogP contribution in [0, 0.1) is 5.92 Å². The fraction of sp³-hybridized carbons (Fsp3) is 0.385. The van der Waals surface area contributed by atoms with E-state index in [-0.39, 0.29) is 24.2 Å². The van der Waals surface area contributed by atoms with Gasteiger partial charge in [-0.15, -0.1) is 0 Å². The average Bonchev–Trinajstić information content (AvgIpc) is 2.27. The summed E-state index contributed by atoms with van der Waals surface area (Å²) < 4.78 is 0. The van der Waals surface area contributed by atoms with E-state index in [9.17, 15) is 9.59 Å².